The normalized spacial score (nSPS) is 26.5. The van der Waals surface area contributed by atoms with Crippen molar-refractivity contribution in [1.82, 2.24) is 5.32 Å². The molecule has 17 heavy (non-hydrogen) atoms. The fourth-order valence-electron chi connectivity index (χ4n) is 1.86. The Bertz CT molecular complexity index is 269. The van der Waals surface area contributed by atoms with Crippen LogP contribution in [0.5, 0.6) is 0 Å². The molecule has 100 valence electrons. The van der Waals surface area contributed by atoms with E-state index in [1.54, 1.807) is 0 Å². The molecule has 5 heteroatoms. The minimum atomic E-state index is -1.53. The highest BCUT2D eigenvalue weighted by atomic mass is 28.4. The van der Waals surface area contributed by atoms with Crippen LogP contribution in [0.15, 0.2) is 12.3 Å². The van der Waals surface area contributed by atoms with Gasteiger partial charge in [-0.2, -0.15) is 0 Å². The van der Waals surface area contributed by atoms with Crippen molar-refractivity contribution in [2.45, 2.75) is 57.9 Å². The van der Waals surface area contributed by atoms with Crippen LogP contribution in [0.25, 0.3) is 0 Å². The summed E-state index contributed by atoms with van der Waals surface area (Å²) in [6.07, 6.45) is 5.48. The topological polar surface area (TPSA) is 30.5 Å². The Morgan fingerprint density at radius 1 is 1.00 bits per heavy atom. The fourth-order valence-corrected chi connectivity index (χ4v) is 4.07. The van der Waals surface area contributed by atoms with E-state index >= 15 is 0 Å². The van der Waals surface area contributed by atoms with Crippen molar-refractivity contribution in [3.63, 3.8) is 0 Å². The lowest BCUT2D eigenvalue weighted by Gasteiger charge is -2.33. The van der Waals surface area contributed by atoms with E-state index in [1.165, 1.54) is 0 Å². The Balaban J connectivity index is 2.71. The van der Waals surface area contributed by atoms with Crippen molar-refractivity contribution in [3.8, 4) is 0 Å². The Hall–Kier alpha value is -0.106. The van der Waals surface area contributed by atoms with Crippen LogP contribution >= 0.6 is 0 Å². The summed E-state index contributed by atoms with van der Waals surface area (Å²) in [5, 5.41) is 3.27. The van der Waals surface area contributed by atoms with Crippen LogP contribution in [0.2, 0.25) is 39.3 Å². The lowest BCUT2D eigenvalue weighted by Crippen LogP contribution is -2.43. The predicted molar refractivity (Wildman–Crippen MR) is 78.2 cm³/mol. The number of hydrogen-bond acceptors (Lipinski definition) is 3. The maximum atomic E-state index is 6.26. The molecule has 3 nitrogen and oxygen atoms in total. The Morgan fingerprint density at radius 3 is 2.12 bits per heavy atom. The minimum Gasteiger partial charge on any atom is -0.412 e. The summed E-state index contributed by atoms with van der Waals surface area (Å²) in [6.45, 7) is 14.4. The first kappa shape index (κ1) is 15.0. The summed E-state index contributed by atoms with van der Waals surface area (Å²) < 4.78 is 12.5. The van der Waals surface area contributed by atoms with Crippen LogP contribution in [0.1, 0.15) is 6.42 Å². The van der Waals surface area contributed by atoms with Crippen molar-refractivity contribution in [2.75, 3.05) is 6.54 Å². The molecule has 0 saturated carbocycles. The number of hydrogen-bond donors (Lipinski definition) is 1. The maximum Gasteiger partial charge on any atom is 0.184 e. The average molecular weight is 274 g/mol. The molecule has 0 amide bonds. The lowest BCUT2D eigenvalue weighted by atomic mass is 10.1. The Kier molecular flexibility index (Phi) is 5.00. The lowest BCUT2D eigenvalue weighted by molar-refractivity contribution is 0.0702. The molecule has 1 heterocycles. The van der Waals surface area contributed by atoms with Gasteiger partial charge in [-0.05, 0) is 58.0 Å². The zero-order valence-corrected chi connectivity index (χ0v) is 14.0. The molecule has 0 radical (unpaired) electrons. The van der Waals surface area contributed by atoms with E-state index in [4.69, 9.17) is 8.85 Å². The summed E-state index contributed by atoms with van der Waals surface area (Å²) in [5.74, 6) is 0. The predicted octanol–water partition coefficient (Wildman–Crippen LogP) is 2.93. The molecule has 1 aliphatic rings. The smallest absolute Gasteiger partial charge is 0.184 e. The first-order valence-corrected chi connectivity index (χ1v) is 13.2. The molecule has 0 aromatic heterocycles. The summed E-state index contributed by atoms with van der Waals surface area (Å²) in [4.78, 5) is 0. The molecule has 2 unspecified atom stereocenters. The van der Waals surface area contributed by atoms with Gasteiger partial charge in [0.1, 0.15) is 0 Å². The second kappa shape index (κ2) is 5.69. The highest BCUT2D eigenvalue weighted by Gasteiger charge is 2.31. The van der Waals surface area contributed by atoms with Crippen LogP contribution in [-0.4, -0.2) is 35.4 Å². The average Bonchev–Trinajstić information content (AvgIpc) is 2.27. The van der Waals surface area contributed by atoms with Crippen molar-refractivity contribution < 1.29 is 8.85 Å². The fraction of sp³-hybridized carbons (Fsp3) is 0.833. The highest BCUT2D eigenvalue weighted by Crippen LogP contribution is 2.21. The maximum absolute atomic E-state index is 6.26. The van der Waals surface area contributed by atoms with Crippen molar-refractivity contribution >= 4 is 16.6 Å². The number of rotatable bonds is 4. The highest BCUT2D eigenvalue weighted by molar-refractivity contribution is 6.70. The zero-order valence-electron chi connectivity index (χ0n) is 12.0. The van der Waals surface area contributed by atoms with Gasteiger partial charge < -0.3 is 14.2 Å². The van der Waals surface area contributed by atoms with Crippen LogP contribution in [-0.2, 0) is 8.85 Å². The van der Waals surface area contributed by atoms with Gasteiger partial charge in [-0.25, -0.2) is 0 Å². The van der Waals surface area contributed by atoms with Crippen LogP contribution in [0.3, 0.4) is 0 Å². The molecular formula is C12H27NO2Si2. The van der Waals surface area contributed by atoms with E-state index in [1.807, 2.05) is 6.20 Å². The third kappa shape index (κ3) is 6.40. The molecule has 1 N–H and O–H groups in total. The van der Waals surface area contributed by atoms with E-state index in [-0.39, 0.29) is 12.2 Å². The molecule has 2 atom stereocenters. The summed E-state index contributed by atoms with van der Waals surface area (Å²) in [7, 11) is -3.04. The molecular weight excluding hydrogens is 246 g/mol. The van der Waals surface area contributed by atoms with Crippen molar-refractivity contribution in [1.29, 1.82) is 0 Å². The molecule has 0 aromatic carbocycles. The third-order valence-corrected chi connectivity index (χ3v) is 4.33. The van der Waals surface area contributed by atoms with Crippen LogP contribution in [0.4, 0.5) is 0 Å². The molecule has 0 fully saturated rings. The standard InChI is InChI=1S/C12H27NO2Si2/c1-16(2,3)14-11-7-9-13-10-8-12(11)15-17(4,5)6/h7,9,11-13H,8,10H2,1-6H3. The molecule has 0 aliphatic carbocycles. The first-order chi connectivity index (χ1) is 7.67. The van der Waals surface area contributed by atoms with Gasteiger partial charge in [0.05, 0.1) is 12.2 Å². The quantitative estimate of drug-likeness (QED) is 0.799. The Labute approximate surface area is 108 Å². The largest absolute Gasteiger partial charge is 0.412 e. The van der Waals surface area contributed by atoms with E-state index in [0.717, 1.165) is 13.0 Å². The minimum absolute atomic E-state index is 0.114. The van der Waals surface area contributed by atoms with Crippen LogP contribution in [0, 0.1) is 0 Å². The zero-order chi connectivity index (χ0) is 13.1. The van der Waals surface area contributed by atoms with Gasteiger partial charge in [-0.15, -0.1) is 0 Å². The van der Waals surface area contributed by atoms with E-state index < -0.39 is 16.6 Å². The van der Waals surface area contributed by atoms with E-state index in [0.29, 0.717) is 0 Å². The van der Waals surface area contributed by atoms with Gasteiger partial charge in [-0.1, -0.05) is 0 Å². The monoisotopic (exact) mass is 273 g/mol. The SMILES string of the molecule is C[Si](C)(C)OC1C=CNCCC1O[Si](C)(C)C. The van der Waals surface area contributed by atoms with Gasteiger partial charge in [0.15, 0.2) is 16.6 Å². The second-order valence-corrected chi connectivity index (χ2v) is 15.5. The molecule has 1 aliphatic heterocycles. The molecule has 0 bridgehead atoms. The van der Waals surface area contributed by atoms with Gasteiger partial charge in [0.2, 0.25) is 0 Å². The third-order valence-electron chi connectivity index (χ3n) is 2.34. The van der Waals surface area contributed by atoms with Crippen molar-refractivity contribution in [3.05, 3.63) is 12.3 Å². The molecule has 1 rings (SSSR count). The molecule has 0 spiro atoms. The molecule has 0 saturated heterocycles. The van der Waals surface area contributed by atoms with Gasteiger partial charge in [-0.3, -0.25) is 0 Å². The summed E-state index contributed by atoms with van der Waals surface area (Å²) >= 11 is 0. The van der Waals surface area contributed by atoms with Crippen molar-refractivity contribution in [2.24, 2.45) is 0 Å². The summed E-state index contributed by atoms with van der Waals surface area (Å²) in [6, 6.07) is 0. The van der Waals surface area contributed by atoms with Gasteiger partial charge >= 0.3 is 0 Å². The second-order valence-electron chi connectivity index (χ2n) is 6.57. The first-order valence-electron chi connectivity index (χ1n) is 6.43. The Morgan fingerprint density at radius 2 is 1.59 bits per heavy atom. The van der Waals surface area contributed by atoms with E-state index in [2.05, 4.69) is 50.7 Å². The summed E-state index contributed by atoms with van der Waals surface area (Å²) in [5.41, 5.74) is 0. The van der Waals surface area contributed by atoms with E-state index in [9.17, 15) is 0 Å². The van der Waals surface area contributed by atoms with Gasteiger partial charge in [0, 0.05) is 6.54 Å². The number of nitrogens with one attached hydrogen (secondary N) is 1. The van der Waals surface area contributed by atoms with Crippen LogP contribution < -0.4 is 5.32 Å². The molecule has 0 aromatic rings. The van der Waals surface area contributed by atoms with Gasteiger partial charge in [0.25, 0.3) is 0 Å².